The fraction of sp³-hybridized carbons (Fsp3) is 0.368. The maximum atomic E-state index is 13.4. The number of halogens is 1. The molecule has 2 aromatic rings. The lowest BCUT2D eigenvalue weighted by molar-refractivity contribution is 0.173. The van der Waals surface area contributed by atoms with Gasteiger partial charge < -0.3 is 9.47 Å². The number of aryl methyl sites for hydroxylation is 1. The Labute approximate surface area is 158 Å². The average Bonchev–Trinajstić information content (AvgIpc) is 3.12. The van der Waals surface area contributed by atoms with Gasteiger partial charge in [0.05, 0.1) is 4.90 Å². The molecule has 6 nitrogen and oxygen atoms in total. The Morgan fingerprint density at radius 1 is 1.00 bits per heavy atom. The van der Waals surface area contributed by atoms with Gasteiger partial charge in [-0.1, -0.05) is 6.07 Å². The second-order valence-corrected chi connectivity index (χ2v) is 8.72. The zero-order chi connectivity index (χ0) is 19.0. The van der Waals surface area contributed by atoms with Crippen molar-refractivity contribution in [2.45, 2.75) is 18.4 Å². The number of fused-ring (bicyclic) bond motifs is 1. The molecule has 0 radical (unpaired) electrons. The van der Waals surface area contributed by atoms with Crippen LogP contribution in [0.2, 0.25) is 0 Å². The van der Waals surface area contributed by atoms with E-state index in [0.717, 1.165) is 23.6 Å². The van der Waals surface area contributed by atoms with Crippen LogP contribution in [0.3, 0.4) is 0 Å². The largest absolute Gasteiger partial charge is 0.454 e. The highest BCUT2D eigenvalue weighted by atomic mass is 32.2. The number of nitrogens with zero attached hydrogens (tertiary/aromatic N) is 2. The first kappa shape index (κ1) is 18.2. The second kappa shape index (κ2) is 7.10. The summed E-state index contributed by atoms with van der Waals surface area (Å²) in [5.74, 6) is 1.10. The van der Waals surface area contributed by atoms with E-state index in [9.17, 15) is 12.8 Å². The lowest BCUT2D eigenvalue weighted by Gasteiger charge is -2.34. The molecule has 4 rings (SSSR count). The van der Waals surface area contributed by atoms with Gasteiger partial charge in [0, 0.05) is 32.7 Å². The van der Waals surface area contributed by atoms with E-state index in [2.05, 4.69) is 4.90 Å². The number of sulfonamides is 1. The molecule has 0 aromatic heterocycles. The first-order valence-corrected chi connectivity index (χ1v) is 10.2. The van der Waals surface area contributed by atoms with Crippen molar-refractivity contribution in [1.82, 2.24) is 9.21 Å². The Balaban J connectivity index is 1.40. The Morgan fingerprint density at radius 2 is 1.74 bits per heavy atom. The van der Waals surface area contributed by atoms with E-state index in [1.807, 2.05) is 18.2 Å². The van der Waals surface area contributed by atoms with Gasteiger partial charge in [-0.15, -0.1) is 0 Å². The standard InChI is InChI=1S/C19H21FN2O4S/c1-14-10-16(3-4-17(14)20)27(23,24)22-8-6-21(7-9-22)12-15-2-5-18-19(11-15)26-13-25-18/h2-5,10-11H,6-9,12-13H2,1H3. The minimum absolute atomic E-state index is 0.144. The summed E-state index contributed by atoms with van der Waals surface area (Å²) < 4.78 is 51.2. The molecule has 8 heteroatoms. The fourth-order valence-electron chi connectivity index (χ4n) is 3.35. The molecule has 0 N–H and O–H groups in total. The Morgan fingerprint density at radius 3 is 2.48 bits per heavy atom. The number of benzene rings is 2. The predicted molar refractivity (Wildman–Crippen MR) is 97.7 cm³/mol. The molecule has 0 saturated carbocycles. The first-order chi connectivity index (χ1) is 12.9. The molecule has 0 bridgehead atoms. The molecular formula is C19H21FN2O4S. The Bertz CT molecular complexity index is 956. The van der Waals surface area contributed by atoms with Crippen LogP contribution in [0.1, 0.15) is 11.1 Å². The van der Waals surface area contributed by atoms with E-state index >= 15 is 0 Å². The molecule has 27 heavy (non-hydrogen) atoms. The van der Waals surface area contributed by atoms with Crippen molar-refractivity contribution in [2.75, 3.05) is 33.0 Å². The summed E-state index contributed by atoms with van der Waals surface area (Å²) in [5.41, 5.74) is 1.43. The van der Waals surface area contributed by atoms with Crippen molar-refractivity contribution in [3.05, 3.63) is 53.3 Å². The number of piperazine rings is 1. The molecule has 2 aliphatic heterocycles. The second-order valence-electron chi connectivity index (χ2n) is 6.78. The van der Waals surface area contributed by atoms with E-state index in [1.54, 1.807) is 6.92 Å². The summed E-state index contributed by atoms with van der Waals surface area (Å²) >= 11 is 0. The van der Waals surface area contributed by atoms with Crippen LogP contribution in [-0.4, -0.2) is 50.6 Å². The first-order valence-electron chi connectivity index (χ1n) is 8.81. The lowest BCUT2D eigenvalue weighted by Crippen LogP contribution is -2.48. The zero-order valence-electron chi connectivity index (χ0n) is 15.0. The number of rotatable bonds is 4. The molecular weight excluding hydrogens is 371 g/mol. The van der Waals surface area contributed by atoms with Gasteiger partial charge in [-0.25, -0.2) is 12.8 Å². The van der Waals surface area contributed by atoms with Crippen LogP contribution in [0.4, 0.5) is 4.39 Å². The lowest BCUT2D eigenvalue weighted by atomic mass is 10.2. The smallest absolute Gasteiger partial charge is 0.243 e. The van der Waals surface area contributed by atoms with Crippen LogP contribution in [0.5, 0.6) is 11.5 Å². The highest BCUT2D eigenvalue weighted by molar-refractivity contribution is 7.89. The van der Waals surface area contributed by atoms with Crippen molar-refractivity contribution < 1.29 is 22.3 Å². The normalized spacial score (nSPS) is 18.0. The third-order valence-electron chi connectivity index (χ3n) is 4.94. The molecule has 1 saturated heterocycles. The molecule has 0 atom stereocenters. The minimum atomic E-state index is -3.60. The molecule has 0 spiro atoms. The van der Waals surface area contributed by atoms with Gasteiger partial charge >= 0.3 is 0 Å². The van der Waals surface area contributed by atoms with Crippen molar-refractivity contribution in [3.8, 4) is 11.5 Å². The van der Waals surface area contributed by atoms with Gasteiger partial charge in [0.25, 0.3) is 0 Å². The number of hydrogen-bond acceptors (Lipinski definition) is 5. The summed E-state index contributed by atoms with van der Waals surface area (Å²) in [6.07, 6.45) is 0. The van der Waals surface area contributed by atoms with Crippen molar-refractivity contribution in [1.29, 1.82) is 0 Å². The summed E-state index contributed by atoms with van der Waals surface area (Å²) in [7, 11) is -3.60. The predicted octanol–water partition coefficient (Wildman–Crippen LogP) is 2.37. The minimum Gasteiger partial charge on any atom is -0.454 e. The fourth-order valence-corrected chi connectivity index (χ4v) is 4.86. The van der Waals surface area contributed by atoms with E-state index in [0.29, 0.717) is 31.7 Å². The van der Waals surface area contributed by atoms with Gasteiger partial charge in [-0.05, 0) is 48.4 Å². The van der Waals surface area contributed by atoms with Crippen molar-refractivity contribution in [3.63, 3.8) is 0 Å². The Kier molecular flexibility index (Phi) is 4.79. The molecule has 1 fully saturated rings. The van der Waals surface area contributed by atoms with Crippen LogP contribution in [-0.2, 0) is 16.6 Å². The number of hydrogen-bond donors (Lipinski definition) is 0. The summed E-state index contributed by atoms with van der Waals surface area (Å²) in [4.78, 5) is 2.35. The van der Waals surface area contributed by atoms with Gasteiger partial charge in [0.2, 0.25) is 16.8 Å². The average molecular weight is 392 g/mol. The van der Waals surface area contributed by atoms with Crippen LogP contribution < -0.4 is 9.47 Å². The van der Waals surface area contributed by atoms with Gasteiger partial charge in [-0.3, -0.25) is 4.90 Å². The molecule has 0 amide bonds. The molecule has 2 aliphatic rings. The van der Waals surface area contributed by atoms with E-state index in [-0.39, 0.29) is 11.7 Å². The maximum absolute atomic E-state index is 13.4. The van der Waals surface area contributed by atoms with Crippen molar-refractivity contribution >= 4 is 10.0 Å². The molecule has 0 unspecified atom stereocenters. The summed E-state index contributed by atoms with van der Waals surface area (Å²) in [6.45, 7) is 4.62. The monoisotopic (exact) mass is 392 g/mol. The quantitative estimate of drug-likeness (QED) is 0.800. The maximum Gasteiger partial charge on any atom is 0.243 e. The van der Waals surface area contributed by atoms with E-state index < -0.39 is 15.8 Å². The molecule has 0 aliphatic carbocycles. The van der Waals surface area contributed by atoms with Gasteiger partial charge in [-0.2, -0.15) is 4.31 Å². The SMILES string of the molecule is Cc1cc(S(=O)(=O)N2CCN(Cc3ccc4c(c3)OCO4)CC2)ccc1F. The van der Waals surface area contributed by atoms with E-state index in [1.165, 1.54) is 22.5 Å². The van der Waals surface area contributed by atoms with Gasteiger partial charge in [0.15, 0.2) is 11.5 Å². The molecule has 144 valence electrons. The highest BCUT2D eigenvalue weighted by Gasteiger charge is 2.29. The third kappa shape index (κ3) is 3.65. The van der Waals surface area contributed by atoms with E-state index in [4.69, 9.17) is 9.47 Å². The van der Waals surface area contributed by atoms with Crippen LogP contribution in [0, 0.1) is 12.7 Å². The Hall–Kier alpha value is -2.16. The van der Waals surface area contributed by atoms with Crippen LogP contribution in [0.25, 0.3) is 0 Å². The number of ether oxygens (including phenoxy) is 2. The third-order valence-corrected chi connectivity index (χ3v) is 6.84. The van der Waals surface area contributed by atoms with Crippen LogP contribution >= 0.6 is 0 Å². The van der Waals surface area contributed by atoms with Crippen LogP contribution in [0.15, 0.2) is 41.3 Å². The van der Waals surface area contributed by atoms with Crippen molar-refractivity contribution in [2.24, 2.45) is 0 Å². The van der Waals surface area contributed by atoms with Gasteiger partial charge in [0.1, 0.15) is 5.82 Å². The zero-order valence-corrected chi connectivity index (χ0v) is 15.8. The molecule has 2 aromatic carbocycles. The topological polar surface area (TPSA) is 59.1 Å². The summed E-state index contributed by atoms with van der Waals surface area (Å²) in [6, 6.07) is 9.79. The highest BCUT2D eigenvalue weighted by Crippen LogP contribution is 2.33. The summed E-state index contributed by atoms with van der Waals surface area (Å²) in [5, 5.41) is 0. The molecule has 2 heterocycles.